The third-order valence-corrected chi connectivity index (χ3v) is 5.29. The highest BCUT2D eigenvalue weighted by molar-refractivity contribution is 5.92. The van der Waals surface area contributed by atoms with E-state index < -0.39 is 0 Å². The Kier molecular flexibility index (Phi) is 4.47. The van der Waals surface area contributed by atoms with E-state index in [9.17, 15) is 9.59 Å². The number of hydrogen-bond donors (Lipinski definition) is 0. The van der Waals surface area contributed by atoms with E-state index in [4.69, 9.17) is 4.52 Å². The van der Waals surface area contributed by atoms with E-state index in [1.807, 2.05) is 9.80 Å². The van der Waals surface area contributed by atoms with Crippen molar-refractivity contribution in [1.29, 1.82) is 0 Å². The summed E-state index contributed by atoms with van der Waals surface area (Å²) in [5.41, 5.74) is 0.383. The van der Waals surface area contributed by atoms with Crippen LogP contribution in [0.15, 0.2) is 10.6 Å². The smallest absolute Gasteiger partial charge is 0.277 e. The summed E-state index contributed by atoms with van der Waals surface area (Å²) >= 11 is 0. The highest BCUT2D eigenvalue weighted by Crippen LogP contribution is 2.40. The van der Waals surface area contributed by atoms with Crippen LogP contribution in [-0.4, -0.2) is 96.1 Å². The van der Waals surface area contributed by atoms with E-state index >= 15 is 0 Å². The molecular weight excluding hydrogens is 322 g/mol. The first-order chi connectivity index (χ1) is 12.1. The molecule has 0 N–H and O–H groups in total. The monoisotopic (exact) mass is 347 g/mol. The fourth-order valence-electron chi connectivity index (χ4n) is 3.40. The molecule has 0 spiro atoms. The summed E-state index contributed by atoms with van der Waals surface area (Å²) in [5, 5.41) is 3.92. The average Bonchev–Trinajstić information content (AvgIpc) is 3.16. The van der Waals surface area contributed by atoms with Gasteiger partial charge in [0.1, 0.15) is 5.76 Å². The van der Waals surface area contributed by atoms with Gasteiger partial charge in [0.15, 0.2) is 5.69 Å². The average molecular weight is 347 g/mol. The number of rotatable bonds is 4. The van der Waals surface area contributed by atoms with Crippen molar-refractivity contribution in [3.8, 4) is 0 Å². The Bertz CT molecular complexity index is 648. The van der Waals surface area contributed by atoms with Gasteiger partial charge in [-0.2, -0.15) is 0 Å². The Labute approximate surface area is 147 Å². The van der Waals surface area contributed by atoms with E-state index in [1.54, 1.807) is 11.0 Å². The van der Waals surface area contributed by atoms with Gasteiger partial charge in [-0.15, -0.1) is 0 Å². The van der Waals surface area contributed by atoms with Gasteiger partial charge in [-0.25, -0.2) is 0 Å². The molecule has 1 aromatic rings. The molecule has 4 rings (SSSR count). The number of amides is 2. The minimum atomic E-state index is -0.106. The molecule has 2 aliphatic heterocycles. The van der Waals surface area contributed by atoms with Gasteiger partial charge in [-0.05, 0) is 19.9 Å². The van der Waals surface area contributed by atoms with Crippen LogP contribution in [-0.2, 0) is 4.79 Å². The number of carbonyl (C=O) groups is 2. The van der Waals surface area contributed by atoms with Crippen molar-refractivity contribution in [3.05, 3.63) is 17.5 Å². The summed E-state index contributed by atoms with van der Waals surface area (Å²) in [4.78, 5) is 32.9. The molecule has 8 heteroatoms. The predicted molar refractivity (Wildman–Crippen MR) is 90.0 cm³/mol. The molecular formula is C17H25N5O3. The van der Waals surface area contributed by atoms with Gasteiger partial charge in [0.2, 0.25) is 5.91 Å². The molecule has 0 unspecified atom stereocenters. The predicted octanol–water partition coefficient (Wildman–Crippen LogP) is 0.0413. The van der Waals surface area contributed by atoms with Crippen molar-refractivity contribution in [2.24, 2.45) is 0 Å². The van der Waals surface area contributed by atoms with Crippen molar-refractivity contribution >= 4 is 11.8 Å². The quantitative estimate of drug-likeness (QED) is 0.766. The standard InChI is InChI=1S/C17H25N5O3/c1-19-4-7-21(8-5-19)16(23)11-20-6-9-22(12-20)17(24)14-10-15(25-18-14)13-2-3-13/h10,13H,2-9,11-12H2,1H3. The van der Waals surface area contributed by atoms with Gasteiger partial charge < -0.3 is 19.2 Å². The van der Waals surface area contributed by atoms with E-state index in [1.165, 1.54) is 0 Å². The first kappa shape index (κ1) is 16.5. The summed E-state index contributed by atoms with van der Waals surface area (Å²) in [7, 11) is 2.07. The zero-order chi connectivity index (χ0) is 17.4. The van der Waals surface area contributed by atoms with Gasteiger partial charge in [-0.1, -0.05) is 5.16 Å². The van der Waals surface area contributed by atoms with Crippen LogP contribution in [0.3, 0.4) is 0 Å². The first-order valence-corrected chi connectivity index (χ1v) is 9.05. The minimum absolute atomic E-state index is 0.106. The second kappa shape index (κ2) is 6.76. The molecule has 1 aromatic heterocycles. The maximum Gasteiger partial charge on any atom is 0.277 e. The Morgan fingerprint density at radius 1 is 1.12 bits per heavy atom. The van der Waals surface area contributed by atoms with Gasteiger partial charge in [0.25, 0.3) is 5.91 Å². The third kappa shape index (κ3) is 3.69. The van der Waals surface area contributed by atoms with Gasteiger partial charge in [0.05, 0.1) is 13.2 Å². The van der Waals surface area contributed by atoms with Crippen LogP contribution in [0, 0.1) is 0 Å². The zero-order valence-electron chi connectivity index (χ0n) is 14.7. The molecule has 8 nitrogen and oxygen atoms in total. The number of piperazine rings is 1. The van der Waals surface area contributed by atoms with Crippen LogP contribution >= 0.6 is 0 Å². The van der Waals surface area contributed by atoms with E-state index in [-0.39, 0.29) is 11.8 Å². The number of carbonyl (C=O) groups excluding carboxylic acids is 2. The van der Waals surface area contributed by atoms with Gasteiger partial charge >= 0.3 is 0 Å². The molecule has 3 fully saturated rings. The third-order valence-electron chi connectivity index (χ3n) is 5.29. The maximum atomic E-state index is 12.5. The molecule has 3 aliphatic rings. The second-order valence-corrected chi connectivity index (χ2v) is 7.34. The molecule has 3 heterocycles. The summed E-state index contributed by atoms with van der Waals surface area (Å²) < 4.78 is 5.27. The van der Waals surface area contributed by atoms with E-state index in [0.717, 1.165) is 51.3 Å². The highest BCUT2D eigenvalue weighted by atomic mass is 16.5. The molecule has 2 amide bonds. The molecule has 0 atom stereocenters. The van der Waals surface area contributed by atoms with E-state index in [2.05, 4.69) is 17.1 Å². The van der Waals surface area contributed by atoms with Crippen LogP contribution < -0.4 is 0 Å². The fraction of sp³-hybridized carbons (Fsp3) is 0.706. The number of aromatic nitrogens is 1. The maximum absolute atomic E-state index is 12.5. The largest absolute Gasteiger partial charge is 0.360 e. The fourth-order valence-corrected chi connectivity index (χ4v) is 3.40. The molecule has 1 saturated carbocycles. The van der Waals surface area contributed by atoms with Gasteiger partial charge in [0, 0.05) is 51.3 Å². The van der Waals surface area contributed by atoms with Crippen LogP contribution in [0.1, 0.15) is 35.0 Å². The van der Waals surface area contributed by atoms with Crippen LogP contribution in [0.5, 0.6) is 0 Å². The summed E-state index contributed by atoms with van der Waals surface area (Å²) in [6.07, 6.45) is 2.24. The lowest BCUT2D eigenvalue weighted by atomic mass is 10.2. The Hall–Kier alpha value is -1.93. The van der Waals surface area contributed by atoms with Crippen molar-refractivity contribution in [1.82, 2.24) is 24.8 Å². The molecule has 0 bridgehead atoms. The van der Waals surface area contributed by atoms with Crippen LogP contribution in [0.4, 0.5) is 0 Å². The molecule has 25 heavy (non-hydrogen) atoms. The Morgan fingerprint density at radius 2 is 1.84 bits per heavy atom. The molecule has 2 saturated heterocycles. The van der Waals surface area contributed by atoms with Crippen LogP contribution in [0.2, 0.25) is 0 Å². The van der Waals surface area contributed by atoms with E-state index in [0.29, 0.717) is 31.4 Å². The molecule has 1 aliphatic carbocycles. The summed E-state index contributed by atoms with van der Waals surface area (Å²) in [5.74, 6) is 1.32. The number of likely N-dealkylation sites (N-methyl/N-ethyl adjacent to an activating group) is 1. The lowest BCUT2D eigenvalue weighted by Gasteiger charge is -2.33. The van der Waals surface area contributed by atoms with Crippen molar-refractivity contribution in [2.75, 3.05) is 59.5 Å². The summed E-state index contributed by atoms with van der Waals surface area (Å²) in [6.45, 7) is 5.61. The summed E-state index contributed by atoms with van der Waals surface area (Å²) in [6, 6.07) is 1.78. The van der Waals surface area contributed by atoms with Crippen molar-refractivity contribution in [3.63, 3.8) is 0 Å². The lowest BCUT2D eigenvalue weighted by Crippen LogP contribution is -2.50. The lowest BCUT2D eigenvalue weighted by molar-refractivity contribution is -0.133. The zero-order valence-corrected chi connectivity index (χ0v) is 14.7. The first-order valence-electron chi connectivity index (χ1n) is 9.05. The molecule has 0 radical (unpaired) electrons. The Morgan fingerprint density at radius 3 is 2.56 bits per heavy atom. The minimum Gasteiger partial charge on any atom is -0.360 e. The second-order valence-electron chi connectivity index (χ2n) is 7.34. The molecule has 0 aromatic carbocycles. The highest BCUT2D eigenvalue weighted by Gasteiger charge is 2.32. The SMILES string of the molecule is CN1CCN(C(=O)CN2CCN(C(=O)c3cc(C4CC4)on3)C2)CC1. The normalized spacial score (nSPS) is 22.6. The van der Waals surface area contributed by atoms with Gasteiger partial charge in [-0.3, -0.25) is 14.5 Å². The van der Waals surface area contributed by atoms with Crippen LogP contribution in [0.25, 0.3) is 0 Å². The molecule has 136 valence electrons. The Balaban J connectivity index is 1.28. The number of hydrogen-bond acceptors (Lipinski definition) is 6. The number of nitrogens with zero attached hydrogens (tertiary/aromatic N) is 5. The topological polar surface area (TPSA) is 73.1 Å². The van der Waals surface area contributed by atoms with Crippen molar-refractivity contribution in [2.45, 2.75) is 18.8 Å². The van der Waals surface area contributed by atoms with Crippen molar-refractivity contribution < 1.29 is 14.1 Å².